The molecule has 1 aromatic carbocycles. The standard InChI is InChI=1S/C17H22N2O3/c1-5-19-14-9-7-6-8-13(14)17(16(19)22,10-12(4)20)18-15(21)11(2)3/h6-9,11H,5,10H2,1-4H3,(H,18,21). The number of para-hydroxylation sites is 1. The second-order valence-electron chi connectivity index (χ2n) is 5.99. The number of carbonyl (C=O) groups is 3. The molecule has 1 atom stereocenters. The van der Waals surface area contributed by atoms with Gasteiger partial charge in [0.1, 0.15) is 5.78 Å². The largest absolute Gasteiger partial charge is 0.337 e. The molecule has 0 saturated heterocycles. The highest BCUT2D eigenvalue weighted by atomic mass is 16.2. The molecule has 0 aliphatic carbocycles. The van der Waals surface area contributed by atoms with Crippen LogP contribution in [0.1, 0.15) is 39.7 Å². The lowest BCUT2D eigenvalue weighted by molar-refractivity contribution is -0.135. The summed E-state index contributed by atoms with van der Waals surface area (Å²) in [4.78, 5) is 38.6. The number of amides is 2. The molecule has 2 rings (SSSR count). The Morgan fingerprint density at radius 2 is 1.91 bits per heavy atom. The molecule has 0 saturated carbocycles. The molecule has 22 heavy (non-hydrogen) atoms. The Labute approximate surface area is 130 Å². The van der Waals surface area contributed by atoms with Crippen molar-refractivity contribution in [2.45, 2.75) is 39.7 Å². The van der Waals surface area contributed by atoms with E-state index in [0.29, 0.717) is 12.1 Å². The maximum Gasteiger partial charge on any atom is 0.257 e. The van der Waals surface area contributed by atoms with Crippen molar-refractivity contribution >= 4 is 23.3 Å². The van der Waals surface area contributed by atoms with Crippen LogP contribution < -0.4 is 10.2 Å². The van der Waals surface area contributed by atoms with Crippen LogP contribution in [-0.2, 0) is 19.9 Å². The molecule has 1 aliphatic rings. The summed E-state index contributed by atoms with van der Waals surface area (Å²) in [6, 6.07) is 7.33. The molecule has 1 aliphatic heterocycles. The first-order valence-corrected chi connectivity index (χ1v) is 7.56. The molecule has 1 unspecified atom stereocenters. The monoisotopic (exact) mass is 302 g/mol. The number of rotatable bonds is 5. The molecule has 5 heteroatoms. The fraction of sp³-hybridized carbons (Fsp3) is 0.471. The Kier molecular flexibility index (Phi) is 4.35. The lowest BCUT2D eigenvalue weighted by Gasteiger charge is -2.30. The van der Waals surface area contributed by atoms with E-state index in [1.807, 2.05) is 31.2 Å². The fourth-order valence-corrected chi connectivity index (χ4v) is 2.90. The first-order valence-electron chi connectivity index (χ1n) is 7.56. The average molecular weight is 302 g/mol. The van der Waals surface area contributed by atoms with E-state index in [1.165, 1.54) is 6.92 Å². The summed E-state index contributed by atoms with van der Waals surface area (Å²) in [6.45, 7) is 7.34. The van der Waals surface area contributed by atoms with E-state index in [4.69, 9.17) is 0 Å². The Balaban J connectivity index is 2.59. The molecule has 1 aromatic rings. The van der Waals surface area contributed by atoms with Gasteiger partial charge in [0.15, 0.2) is 5.54 Å². The van der Waals surface area contributed by atoms with Crippen molar-refractivity contribution in [2.24, 2.45) is 5.92 Å². The average Bonchev–Trinajstić information content (AvgIpc) is 2.68. The van der Waals surface area contributed by atoms with E-state index in [9.17, 15) is 14.4 Å². The van der Waals surface area contributed by atoms with E-state index in [1.54, 1.807) is 18.7 Å². The molecule has 0 aromatic heterocycles. The van der Waals surface area contributed by atoms with Crippen molar-refractivity contribution in [1.29, 1.82) is 0 Å². The van der Waals surface area contributed by atoms with Crippen LogP contribution in [0.3, 0.4) is 0 Å². The first-order chi connectivity index (χ1) is 10.3. The van der Waals surface area contributed by atoms with E-state index in [-0.39, 0.29) is 29.9 Å². The summed E-state index contributed by atoms with van der Waals surface area (Å²) in [6.07, 6.45) is -0.0300. The van der Waals surface area contributed by atoms with Crippen molar-refractivity contribution in [1.82, 2.24) is 5.32 Å². The van der Waals surface area contributed by atoms with Crippen molar-refractivity contribution in [3.8, 4) is 0 Å². The zero-order valence-electron chi connectivity index (χ0n) is 13.5. The number of Topliss-reactive ketones (excluding diaryl/α,β-unsaturated/α-hetero) is 1. The van der Waals surface area contributed by atoms with E-state index in [2.05, 4.69) is 5.32 Å². The summed E-state index contributed by atoms with van der Waals surface area (Å²) in [7, 11) is 0. The van der Waals surface area contributed by atoms with Gasteiger partial charge in [-0.25, -0.2) is 0 Å². The number of nitrogens with one attached hydrogen (secondary N) is 1. The minimum atomic E-state index is -1.28. The molecule has 5 nitrogen and oxygen atoms in total. The van der Waals surface area contributed by atoms with Gasteiger partial charge in [0, 0.05) is 30.1 Å². The van der Waals surface area contributed by atoms with Gasteiger partial charge in [0.05, 0.1) is 0 Å². The molecule has 1 N–H and O–H groups in total. The molecular weight excluding hydrogens is 280 g/mol. The normalized spacial score (nSPS) is 20.2. The van der Waals surface area contributed by atoms with Crippen molar-refractivity contribution < 1.29 is 14.4 Å². The lowest BCUT2D eigenvalue weighted by atomic mass is 9.85. The quantitative estimate of drug-likeness (QED) is 0.904. The summed E-state index contributed by atoms with van der Waals surface area (Å²) in [5.41, 5.74) is 0.186. The van der Waals surface area contributed by atoms with Crippen LogP contribution in [0.4, 0.5) is 5.69 Å². The van der Waals surface area contributed by atoms with Crippen LogP contribution in [-0.4, -0.2) is 24.1 Å². The summed E-state index contributed by atoms with van der Waals surface area (Å²) in [5, 5.41) is 2.84. The Morgan fingerprint density at radius 3 is 2.45 bits per heavy atom. The highest BCUT2D eigenvalue weighted by molar-refractivity contribution is 6.11. The maximum atomic E-state index is 13.0. The molecule has 118 valence electrons. The van der Waals surface area contributed by atoms with E-state index in [0.717, 1.165) is 5.69 Å². The fourth-order valence-electron chi connectivity index (χ4n) is 2.90. The Morgan fingerprint density at radius 1 is 1.27 bits per heavy atom. The minimum absolute atomic E-state index is 0.0300. The summed E-state index contributed by atoms with van der Waals surface area (Å²) in [5.74, 6) is -0.868. The predicted molar refractivity (Wildman–Crippen MR) is 84.4 cm³/mol. The second kappa shape index (κ2) is 5.91. The number of benzene rings is 1. The third-order valence-corrected chi connectivity index (χ3v) is 3.96. The van der Waals surface area contributed by atoms with Gasteiger partial charge in [0.25, 0.3) is 5.91 Å². The smallest absolute Gasteiger partial charge is 0.257 e. The zero-order chi connectivity index (χ0) is 16.5. The maximum absolute atomic E-state index is 13.0. The second-order valence-corrected chi connectivity index (χ2v) is 5.99. The van der Waals surface area contributed by atoms with Gasteiger partial charge in [-0.3, -0.25) is 14.4 Å². The first kappa shape index (κ1) is 16.2. The third kappa shape index (κ3) is 2.51. The Hall–Kier alpha value is -2.17. The van der Waals surface area contributed by atoms with Gasteiger partial charge in [-0.05, 0) is 19.9 Å². The SMILES string of the molecule is CCN1C(=O)C(CC(C)=O)(NC(=O)C(C)C)c2ccccc21. The Bertz CT molecular complexity index is 624. The van der Waals surface area contributed by atoms with E-state index >= 15 is 0 Å². The van der Waals surface area contributed by atoms with Gasteiger partial charge in [-0.2, -0.15) is 0 Å². The number of carbonyl (C=O) groups excluding carboxylic acids is 3. The number of ketones is 1. The van der Waals surface area contributed by atoms with Crippen LogP contribution in [0, 0.1) is 5.92 Å². The predicted octanol–water partition coefficient (Wildman–Crippen LogP) is 2.00. The van der Waals surface area contributed by atoms with Crippen molar-refractivity contribution in [2.75, 3.05) is 11.4 Å². The number of hydrogen-bond donors (Lipinski definition) is 1. The molecule has 0 bridgehead atoms. The summed E-state index contributed by atoms with van der Waals surface area (Å²) < 4.78 is 0. The van der Waals surface area contributed by atoms with Gasteiger partial charge in [0.2, 0.25) is 5.91 Å². The third-order valence-electron chi connectivity index (χ3n) is 3.96. The minimum Gasteiger partial charge on any atom is -0.337 e. The molecule has 0 radical (unpaired) electrons. The number of hydrogen-bond acceptors (Lipinski definition) is 3. The van der Waals surface area contributed by atoms with Crippen LogP contribution in [0.2, 0.25) is 0 Å². The number of fused-ring (bicyclic) bond motifs is 1. The van der Waals surface area contributed by atoms with Crippen LogP contribution in [0.15, 0.2) is 24.3 Å². The van der Waals surface area contributed by atoms with Crippen LogP contribution in [0.25, 0.3) is 0 Å². The lowest BCUT2D eigenvalue weighted by Crippen LogP contribution is -2.54. The topological polar surface area (TPSA) is 66.5 Å². The zero-order valence-corrected chi connectivity index (χ0v) is 13.5. The number of likely N-dealkylation sites (N-methyl/N-ethyl adjacent to an activating group) is 1. The van der Waals surface area contributed by atoms with Crippen LogP contribution in [0.5, 0.6) is 0 Å². The highest BCUT2D eigenvalue weighted by Gasteiger charge is 2.52. The van der Waals surface area contributed by atoms with Crippen molar-refractivity contribution in [3.63, 3.8) is 0 Å². The molecule has 1 heterocycles. The molecule has 0 fully saturated rings. The molecule has 2 amide bonds. The van der Waals surface area contributed by atoms with Gasteiger partial charge < -0.3 is 10.2 Å². The number of nitrogens with zero attached hydrogens (tertiary/aromatic N) is 1. The van der Waals surface area contributed by atoms with Gasteiger partial charge >= 0.3 is 0 Å². The van der Waals surface area contributed by atoms with Gasteiger partial charge in [-0.15, -0.1) is 0 Å². The number of anilines is 1. The highest BCUT2D eigenvalue weighted by Crippen LogP contribution is 2.42. The van der Waals surface area contributed by atoms with Gasteiger partial charge in [-0.1, -0.05) is 32.0 Å². The molecular formula is C17H22N2O3. The van der Waals surface area contributed by atoms with E-state index < -0.39 is 5.54 Å². The molecule has 0 spiro atoms. The van der Waals surface area contributed by atoms with Crippen molar-refractivity contribution in [3.05, 3.63) is 29.8 Å². The van der Waals surface area contributed by atoms with Crippen LogP contribution >= 0.6 is 0 Å². The summed E-state index contributed by atoms with van der Waals surface area (Å²) >= 11 is 0.